The highest BCUT2D eigenvalue weighted by molar-refractivity contribution is 14.1. The van der Waals surface area contributed by atoms with Gasteiger partial charge in [0.25, 0.3) is 0 Å². The molecular weight excluding hydrogens is 516 g/mol. The van der Waals surface area contributed by atoms with Crippen LogP contribution in [0.1, 0.15) is 30.5 Å². The van der Waals surface area contributed by atoms with Gasteiger partial charge in [0.15, 0.2) is 11.5 Å². The molecule has 6 nitrogen and oxygen atoms in total. The van der Waals surface area contributed by atoms with Gasteiger partial charge in [-0.05, 0) is 58.8 Å². The van der Waals surface area contributed by atoms with E-state index in [9.17, 15) is 22.8 Å². The summed E-state index contributed by atoms with van der Waals surface area (Å²) >= 11 is 1.98. The van der Waals surface area contributed by atoms with Crippen LogP contribution in [-0.2, 0) is 22.2 Å². The van der Waals surface area contributed by atoms with Gasteiger partial charge in [-0.1, -0.05) is 18.2 Å². The zero-order valence-electron chi connectivity index (χ0n) is 16.0. The van der Waals surface area contributed by atoms with Crippen LogP contribution >= 0.6 is 22.6 Å². The lowest BCUT2D eigenvalue weighted by Crippen LogP contribution is -2.20. The lowest BCUT2D eigenvalue weighted by molar-refractivity contribution is -0.137. The zero-order valence-corrected chi connectivity index (χ0v) is 18.2. The third kappa shape index (κ3) is 7.01. The highest BCUT2D eigenvalue weighted by Crippen LogP contribution is 2.34. The Hall–Kier alpha value is -2.63. The molecule has 10 heteroatoms. The number of benzene rings is 2. The Morgan fingerprint density at radius 1 is 1.23 bits per heavy atom. The fourth-order valence-corrected chi connectivity index (χ4v) is 3.17. The summed E-state index contributed by atoms with van der Waals surface area (Å²) < 4.78 is 49.5. The number of alkyl halides is 3. The van der Waals surface area contributed by atoms with E-state index in [0.29, 0.717) is 21.5 Å². The van der Waals surface area contributed by atoms with E-state index in [2.05, 4.69) is 10.5 Å². The molecule has 0 atom stereocenters. The van der Waals surface area contributed by atoms with Gasteiger partial charge in [-0.15, -0.1) is 0 Å². The molecule has 2 rings (SSSR count). The second kappa shape index (κ2) is 10.4. The predicted molar refractivity (Wildman–Crippen MR) is 113 cm³/mol. The molecule has 0 saturated carbocycles. The van der Waals surface area contributed by atoms with Crippen molar-refractivity contribution in [1.82, 2.24) is 5.43 Å². The molecule has 1 N–H and O–H groups in total. The summed E-state index contributed by atoms with van der Waals surface area (Å²) in [5.41, 5.74) is 2.25. The molecular formula is C20H18F3IN2O4. The van der Waals surface area contributed by atoms with E-state index in [0.717, 1.165) is 12.1 Å². The van der Waals surface area contributed by atoms with Gasteiger partial charge in [0, 0.05) is 6.92 Å². The molecule has 2 aromatic carbocycles. The maximum Gasteiger partial charge on any atom is 0.416 e. The lowest BCUT2D eigenvalue weighted by Gasteiger charge is -2.12. The smallest absolute Gasteiger partial charge is 0.416 e. The summed E-state index contributed by atoms with van der Waals surface area (Å²) in [5, 5.41) is 3.83. The van der Waals surface area contributed by atoms with Crippen molar-refractivity contribution in [2.75, 3.05) is 6.61 Å². The topological polar surface area (TPSA) is 77.0 Å². The maximum absolute atomic E-state index is 12.8. The number of hydrogen-bond donors (Lipinski definition) is 1. The number of halogens is 4. The average Bonchev–Trinajstić information content (AvgIpc) is 2.64. The van der Waals surface area contributed by atoms with Crippen LogP contribution in [0.4, 0.5) is 13.2 Å². The molecule has 0 aliphatic rings. The Kier molecular flexibility index (Phi) is 8.21. The molecule has 0 unspecified atom stereocenters. The molecule has 0 heterocycles. The highest BCUT2D eigenvalue weighted by atomic mass is 127. The molecule has 2 aromatic rings. The van der Waals surface area contributed by atoms with Crippen LogP contribution < -0.4 is 14.9 Å². The van der Waals surface area contributed by atoms with Crippen molar-refractivity contribution in [2.24, 2.45) is 5.10 Å². The van der Waals surface area contributed by atoms with Crippen LogP contribution in [0.15, 0.2) is 41.5 Å². The van der Waals surface area contributed by atoms with Crippen molar-refractivity contribution < 1.29 is 32.2 Å². The van der Waals surface area contributed by atoms with Gasteiger partial charge in [0.05, 0.1) is 28.4 Å². The number of carbonyl (C=O) groups excluding carboxylic acids is 2. The first-order valence-corrected chi connectivity index (χ1v) is 9.80. The number of carbonyl (C=O) groups is 2. The van der Waals surface area contributed by atoms with Gasteiger partial charge in [-0.2, -0.15) is 18.3 Å². The predicted octanol–water partition coefficient (Wildman–Crippen LogP) is 4.33. The Balaban J connectivity index is 2.07. The quantitative estimate of drug-likeness (QED) is 0.189. The summed E-state index contributed by atoms with van der Waals surface area (Å²) in [5.74, 6) is -0.425. The average molecular weight is 534 g/mol. The van der Waals surface area contributed by atoms with Gasteiger partial charge < -0.3 is 9.47 Å². The van der Waals surface area contributed by atoms with Crippen molar-refractivity contribution in [2.45, 2.75) is 26.4 Å². The number of nitrogens with one attached hydrogen (secondary N) is 1. The Bertz CT molecular complexity index is 962. The molecule has 30 heavy (non-hydrogen) atoms. The Labute approximate surface area is 184 Å². The van der Waals surface area contributed by atoms with Crippen LogP contribution in [0.3, 0.4) is 0 Å². The minimum atomic E-state index is -4.47. The van der Waals surface area contributed by atoms with Gasteiger partial charge >= 0.3 is 12.1 Å². The van der Waals surface area contributed by atoms with E-state index in [4.69, 9.17) is 9.47 Å². The minimum absolute atomic E-state index is 0.219. The van der Waals surface area contributed by atoms with Crippen molar-refractivity contribution in [3.63, 3.8) is 0 Å². The maximum atomic E-state index is 12.8. The molecule has 0 bridgehead atoms. The first kappa shape index (κ1) is 23.6. The summed E-state index contributed by atoms with van der Waals surface area (Å²) in [6.07, 6.45) is -3.38. The molecule has 160 valence electrons. The van der Waals surface area contributed by atoms with E-state index in [1.165, 1.54) is 25.3 Å². The van der Waals surface area contributed by atoms with E-state index < -0.39 is 23.6 Å². The van der Waals surface area contributed by atoms with Gasteiger partial charge in [-0.25, -0.2) is 5.43 Å². The van der Waals surface area contributed by atoms with Crippen molar-refractivity contribution in [3.05, 3.63) is 56.7 Å². The van der Waals surface area contributed by atoms with E-state index >= 15 is 0 Å². The zero-order chi connectivity index (χ0) is 22.3. The summed E-state index contributed by atoms with van der Waals surface area (Å²) in [6.45, 7) is 3.40. The lowest BCUT2D eigenvalue weighted by atomic mass is 10.1. The second-order valence-corrected chi connectivity index (χ2v) is 7.19. The van der Waals surface area contributed by atoms with E-state index in [1.807, 2.05) is 22.6 Å². The molecule has 1 amide bonds. The number of esters is 1. The van der Waals surface area contributed by atoms with Crippen LogP contribution in [-0.4, -0.2) is 24.7 Å². The number of amides is 1. The number of nitrogens with zero attached hydrogens (tertiary/aromatic N) is 1. The second-order valence-electron chi connectivity index (χ2n) is 6.02. The first-order chi connectivity index (χ1) is 14.1. The largest absolute Gasteiger partial charge is 0.490 e. The standard InChI is InChI=1S/C20H18F3IN2O4/c1-3-29-17-9-14(8-16(24)19(17)30-12(2)27)11-25-26-18(28)10-13-5-4-6-15(7-13)20(21,22)23/h4-9,11H,3,10H2,1-2H3,(H,26,28)/b25-11-. The van der Waals surface area contributed by atoms with Crippen LogP contribution in [0.2, 0.25) is 0 Å². The minimum Gasteiger partial charge on any atom is -0.490 e. The molecule has 0 aliphatic carbocycles. The third-order valence-electron chi connectivity index (χ3n) is 3.60. The fraction of sp³-hybridized carbons (Fsp3) is 0.250. The van der Waals surface area contributed by atoms with Crippen molar-refractivity contribution in [1.29, 1.82) is 0 Å². The number of ether oxygens (including phenoxy) is 2. The SMILES string of the molecule is CCOc1cc(/C=N\NC(=O)Cc2cccc(C(F)(F)F)c2)cc(I)c1OC(C)=O. The summed E-state index contributed by atoms with van der Waals surface area (Å²) in [7, 11) is 0. The molecule has 0 aromatic heterocycles. The molecule has 0 aliphatic heterocycles. The third-order valence-corrected chi connectivity index (χ3v) is 4.40. The van der Waals surface area contributed by atoms with Crippen LogP contribution in [0.5, 0.6) is 11.5 Å². The fourth-order valence-electron chi connectivity index (χ4n) is 2.43. The number of rotatable bonds is 7. The van der Waals surface area contributed by atoms with Crippen molar-refractivity contribution >= 4 is 40.7 Å². The molecule has 0 spiro atoms. The Morgan fingerprint density at radius 2 is 1.97 bits per heavy atom. The van der Waals surface area contributed by atoms with Gasteiger partial charge in [0.2, 0.25) is 5.91 Å². The monoisotopic (exact) mass is 534 g/mol. The van der Waals surface area contributed by atoms with Crippen LogP contribution in [0, 0.1) is 3.57 Å². The molecule has 0 fully saturated rings. The highest BCUT2D eigenvalue weighted by Gasteiger charge is 2.30. The van der Waals surface area contributed by atoms with E-state index in [1.54, 1.807) is 19.1 Å². The van der Waals surface area contributed by atoms with Crippen LogP contribution in [0.25, 0.3) is 0 Å². The van der Waals surface area contributed by atoms with E-state index in [-0.39, 0.29) is 17.7 Å². The number of hydrogen-bond acceptors (Lipinski definition) is 5. The molecule has 0 saturated heterocycles. The first-order valence-electron chi connectivity index (χ1n) is 8.73. The Morgan fingerprint density at radius 3 is 2.60 bits per heavy atom. The number of hydrazone groups is 1. The normalized spacial score (nSPS) is 11.4. The van der Waals surface area contributed by atoms with Gasteiger partial charge in [-0.3, -0.25) is 9.59 Å². The summed E-state index contributed by atoms with van der Waals surface area (Å²) in [6, 6.07) is 7.81. The summed E-state index contributed by atoms with van der Waals surface area (Å²) in [4.78, 5) is 23.2. The molecule has 0 radical (unpaired) electrons. The van der Waals surface area contributed by atoms with Crippen molar-refractivity contribution in [3.8, 4) is 11.5 Å². The van der Waals surface area contributed by atoms with Gasteiger partial charge in [0.1, 0.15) is 0 Å².